The minimum Gasteiger partial charge on any atom is -0.444 e. The summed E-state index contributed by atoms with van der Waals surface area (Å²) < 4.78 is 7.86. The van der Waals surface area contributed by atoms with Gasteiger partial charge in [0.1, 0.15) is 5.76 Å². The van der Waals surface area contributed by atoms with Gasteiger partial charge in [0, 0.05) is 43.4 Å². The monoisotopic (exact) mass is 409 g/mol. The third-order valence-electron chi connectivity index (χ3n) is 5.68. The van der Waals surface area contributed by atoms with E-state index in [1.807, 2.05) is 46.2 Å². The molecular weight excluding hydrogens is 378 g/mol. The molecule has 7 heteroatoms. The maximum Gasteiger partial charge on any atom is 0.224 e. The highest BCUT2D eigenvalue weighted by Gasteiger charge is 2.22. The molecule has 2 aromatic heterocycles. The van der Waals surface area contributed by atoms with E-state index in [2.05, 4.69) is 35.8 Å². The molecule has 0 N–H and O–H groups in total. The molecule has 0 bridgehead atoms. The molecule has 7 nitrogen and oxygen atoms in total. The van der Waals surface area contributed by atoms with Crippen molar-refractivity contribution in [1.82, 2.24) is 24.6 Å². The average Bonchev–Trinajstić information content (AvgIpc) is 3.28. The highest BCUT2D eigenvalue weighted by molar-refractivity contribution is 5.79. The van der Waals surface area contributed by atoms with E-state index in [1.165, 1.54) is 0 Å². The number of carbonyl (C=O) groups is 1. The van der Waals surface area contributed by atoms with E-state index < -0.39 is 0 Å². The SMILES string of the molecule is CC(C)(C)c1cnc(CN2CCCN(C(=O)CCn3ncc4ccccc43)CC2)o1. The number of aryl methyl sites for hydroxylation is 1. The van der Waals surface area contributed by atoms with E-state index in [4.69, 9.17) is 4.42 Å². The number of fused-ring (bicyclic) bond motifs is 1. The molecule has 0 radical (unpaired) electrons. The van der Waals surface area contributed by atoms with Crippen molar-refractivity contribution >= 4 is 16.8 Å². The Bertz CT molecular complexity index is 1000. The van der Waals surface area contributed by atoms with Crippen LogP contribution >= 0.6 is 0 Å². The average molecular weight is 410 g/mol. The van der Waals surface area contributed by atoms with Crippen molar-refractivity contribution in [3.63, 3.8) is 0 Å². The van der Waals surface area contributed by atoms with Gasteiger partial charge in [-0.1, -0.05) is 39.0 Å². The number of aromatic nitrogens is 3. The summed E-state index contributed by atoms with van der Waals surface area (Å²) in [6, 6.07) is 8.10. The van der Waals surface area contributed by atoms with Crippen LogP contribution in [-0.4, -0.2) is 56.7 Å². The second kappa shape index (κ2) is 8.60. The summed E-state index contributed by atoms with van der Waals surface area (Å²) >= 11 is 0. The molecule has 1 aromatic carbocycles. The Balaban J connectivity index is 1.29. The molecule has 0 unspecified atom stereocenters. The molecule has 1 saturated heterocycles. The molecule has 4 rings (SSSR count). The lowest BCUT2D eigenvalue weighted by Crippen LogP contribution is -2.35. The van der Waals surface area contributed by atoms with Gasteiger partial charge in [-0.15, -0.1) is 0 Å². The Morgan fingerprint density at radius 1 is 1.10 bits per heavy atom. The minimum absolute atomic E-state index is 0.0346. The molecule has 0 spiro atoms. The van der Waals surface area contributed by atoms with Gasteiger partial charge in [-0.05, 0) is 12.5 Å². The Morgan fingerprint density at radius 3 is 2.73 bits per heavy atom. The first-order valence-corrected chi connectivity index (χ1v) is 10.8. The first-order chi connectivity index (χ1) is 14.4. The van der Waals surface area contributed by atoms with E-state index in [-0.39, 0.29) is 11.3 Å². The van der Waals surface area contributed by atoms with E-state index in [9.17, 15) is 4.79 Å². The predicted molar refractivity (Wildman–Crippen MR) is 116 cm³/mol. The number of rotatable bonds is 5. The molecule has 1 aliphatic heterocycles. The van der Waals surface area contributed by atoms with Gasteiger partial charge in [-0.2, -0.15) is 5.10 Å². The van der Waals surface area contributed by atoms with Crippen LogP contribution in [0.3, 0.4) is 0 Å². The molecule has 1 fully saturated rings. The zero-order valence-corrected chi connectivity index (χ0v) is 18.2. The van der Waals surface area contributed by atoms with Crippen LogP contribution in [0.2, 0.25) is 0 Å². The number of nitrogens with zero attached hydrogens (tertiary/aromatic N) is 5. The summed E-state index contributed by atoms with van der Waals surface area (Å²) in [6.07, 6.45) is 5.13. The Morgan fingerprint density at radius 2 is 1.93 bits per heavy atom. The number of benzene rings is 1. The fourth-order valence-corrected chi connectivity index (χ4v) is 3.86. The van der Waals surface area contributed by atoms with Gasteiger partial charge in [-0.25, -0.2) is 4.98 Å². The summed E-state index contributed by atoms with van der Waals surface area (Å²) in [5.74, 6) is 1.86. The van der Waals surface area contributed by atoms with Crippen LogP contribution in [-0.2, 0) is 23.3 Å². The summed E-state index contributed by atoms with van der Waals surface area (Å²) in [7, 11) is 0. The van der Waals surface area contributed by atoms with Gasteiger partial charge in [0.25, 0.3) is 0 Å². The molecule has 3 aromatic rings. The molecule has 0 saturated carbocycles. The molecular formula is C23H31N5O2. The van der Waals surface area contributed by atoms with Crippen LogP contribution in [0.4, 0.5) is 0 Å². The summed E-state index contributed by atoms with van der Waals surface area (Å²) in [6.45, 7) is 11.0. The predicted octanol–water partition coefficient (Wildman–Crippen LogP) is 3.45. The first-order valence-electron chi connectivity index (χ1n) is 10.8. The fraction of sp³-hybridized carbons (Fsp3) is 0.522. The van der Waals surface area contributed by atoms with Crippen LogP contribution in [0.25, 0.3) is 10.9 Å². The Hall–Kier alpha value is -2.67. The molecule has 1 amide bonds. The summed E-state index contributed by atoms with van der Waals surface area (Å²) in [5, 5.41) is 5.54. The molecule has 0 aliphatic carbocycles. The summed E-state index contributed by atoms with van der Waals surface area (Å²) in [4.78, 5) is 21.6. The Kier molecular flexibility index (Phi) is 5.90. The van der Waals surface area contributed by atoms with Gasteiger partial charge in [0.05, 0.1) is 31.0 Å². The molecule has 30 heavy (non-hydrogen) atoms. The lowest BCUT2D eigenvalue weighted by atomic mass is 9.94. The zero-order chi connectivity index (χ0) is 21.1. The Labute approximate surface area is 177 Å². The fourth-order valence-electron chi connectivity index (χ4n) is 3.86. The van der Waals surface area contributed by atoms with E-state index in [0.29, 0.717) is 19.5 Å². The topological polar surface area (TPSA) is 67.4 Å². The lowest BCUT2D eigenvalue weighted by Gasteiger charge is -2.21. The molecule has 0 atom stereocenters. The van der Waals surface area contributed by atoms with E-state index in [0.717, 1.165) is 55.2 Å². The molecule has 160 valence electrons. The highest BCUT2D eigenvalue weighted by atomic mass is 16.4. The van der Waals surface area contributed by atoms with Crippen LogP contribution in [0.5, 0.6) is 0 Å². The van der Waals surface area contributed by atoms with Crippen LogP contribution in [0.15, 0.2) is 41.1 Å². The molecule has 1 aliphatic rings. The quantitative estimate of drug-likeness (QED) is 0.646. The number of carbonyl (C=O) groups excluding carboxylic acids is 1. The van der Waals surface area contributed by atoms with E-state index in [1.54, 1.807) is 0 Å². The van der Waals surface area contributed by atoms with Gasteiger partial charge >= 0.3 is 0 Å². The van der Waals surface area contributed by atoms with Gasteiger partial charge < -0.3 is 9.32 Å². The van der Waals surface area contributed by atoms with Crippen LogP contribution in [0, 0.1) is 0 Å². The standard InChI is InChI=1S/C23H31N5O2/c1-23(2,3)20-16-24-21(30-20)17-26-10-6-11-27(14-13-26)22(29)9-12-28-19-8-5-4-7-18(19)15-25-28/h4-5,7-8,15-16H,6,9-14,17H2,1-3H3. The number of hydrogen-bond acceptors (Lipinski definition) is 5. The van der Waals surface area contributed by atoms with Crippen molar-refractivity contribution < 1.29 is 9.21 Å². The summed E-state index contributed by atoms with van der Waals surface area (Å²) in [5.41, 5.74) is 1.04. The first kappa shape index (κ1) is 20.6. The number of para-hydroxylation sites is 1. The second-order valence-corrected chi connectivity index (χ2v) is 9.06. The number of hydrogen-bond donors (Lipinski definition) is 0. The third-order valence-corrected chi connectivity index (χ3v) is 5.68. The van der Waals surface area contributed by atoms with Crippen molar-refractivity contribution in [3.8, 4) is 0 Å². The van der Waals surface area contributed by atoms with Crippen LogP contribution < -0.4 is 0 Å². The zero-order valence-electron chi connectivity index (χ0n) is 18.2. The van der Waals surface area contributed by atoms with Crippen molar-refractivity contribution in [1.29, 1.82) is 0 Å². The van der Waals surface area contributed by atoms with Crippen molar-refractivity contribution in [2.75, 3.05) is 26.2 Å². The number of amides is 1. The van der Waals surface area contributed by atoms with Gasteiger partial charge in [0.15, 0.2) is 0 Å². The van der Waals surface area contributed by atoms with Gasteiger partial charge in [-0.3, -0.25) is 14.4 Å². The lowest BCUT2D eigenvalue weighted by molar-refractivity contribution is -0.131. The van der Waals surface area contributed by atoms with Crippen molar-refractivity contribution in [3.05, 3.63) is 48.3 Å². The molecule has 3 heterocycles. The number of oxazole rings is 1. The van der Waals surface area contributed by atoms with Crippen LogP contribution in [0.1, 0.15) is 45.3 Å². The smallest absolute Gasteiger partial charge is 0.224 e. The van der Waals surface area contributed by atoms with Crippen molar-refractivity contribution in [2.24, 2.45) is 0 Å². The van der Waals surface area contributed by atoms with Crippen molar-refractivity contribution in [2.45, 2.75) is 52.1 Å². The third kappa shape index (κ3) is 4.73. The normalized spacial score (nSPS) is 16.2. The van der Waals surface area contributed by atoms with E-state index >= 15 is 0 Å². The van der Waals surface area contributed by atoms with Gasteiger partial charge in [0.2, 0.25) is 11.8 Å². The highest BCUT2D eigenvalue weighted by Crippen LogP contribution is 2.23. The maximum atomic E-state index is 12.8. The maximum absolute atomic E-state index is 12.8. The largest absolute Gasteiger partial charge is 0.444 e. The second-order valence-electron chi connectivity index (χ2n) is 9.06. The minimum atomic E-state index is -0.0346.